The van der Waals surface area contributed by atoms with Crippen LogP contribution in [0.5, 0.6) is 0 Å². The molecule has 138 valence electrons. The number of carbonyl (C=O) groups is 1. The fraction of sp³-hybridized carbons (Fsp3) is 0.100. The standard InChI is InChI=1S/C20H13BrN4O2S/c21-19-4-3-18(27-19)20(26)25-17(10-15(24-25)13-5-8-28-11-13)12-1-2-14-16(9-12)23-7-6-22-14/h1-9,11,17H,10H2. The maximum absolute atomic E-state index is 13.1. The van der Waals surface area contributed by atoms with Gasteiger partial charge in [-0.1, -0.05) is 6.07 Å². The maximum Gasteiger partial charge on any atom is 0.310 e. The van der Waals surface area contributed by atoms with Crippen molar-refractivity contribution < 1.29 is 9.21 Å². The van der Waals surface area contributed by atoms with E-state index in [-0.39, 0.29) is 17.7 Å². The molecule has 0 saturated carbocycles. The number of fused-ring (bicyclic) bond motifs is 1. The number of carbonyl (C=O) groups excluding carboxylic acids is 1. The van der Waals surface area contributed by atoms with E-state index in [2.05, 4.69) is 31.0 Å². The zero-order valence-electron chi connectivity index (χ0n) is 14.4. The van der Waals surface area contributed by atoms with E-state index in [0.717, 1.165) is 27.9 Å². The van der Waals surface area contributed by atoms with E-state index >= 15 is 0 Å². The molecule has 4 aromatic rings. The summed E-state index contributed by atoms with van der Waals surface area (Å²) in [6, 6.07) is 11.0. The summed E-state index contributed by atoms with van der Waals surface area (Å²) in [6.45, 7) is 0. The summed E-state index contributed by atoms with van der Waals surface area (Å²) in [6.07, 6.45) is 3.95. The zero-order chi connectivity index (χ0) is 19.1. The Morgan fingerprint density at radius 3 is 2.75 bits per heavy atom. The third kappa shape index (κ3) is 3.04. The average molecular weight is 453 g/mol. The summed E-state index contributed by atoms with van der Waals surface area (Å²) in [5.74, 6) is -0.0343. The van der Waals surface area contributed by atoms with Crippen LogP contribution in [0.1, 0.15) is 34.1 Å². The number of benzene rings is 1. The molecule has 6 nitrogen and oxygen atoms in total. The minimum atomic E-state index is -0.278. The van der Waals surface area contributed by atoms with E-state index in [1.54, 1.807) is 35.9 Å². The lowest BCUT2D eigenvalue weighted by molar-refractivity contribution is 0.0677. The second kappa shape index (κ2) is 6.96. The number of rotatable bonds is 3. The van der Waals surface area contributed by atoms with Gasteiger partial charge in [-0.25, -0.2) is 5.01 Å². The summed E-state index contributed by atoms with van der Waals surface area (Å²) >= 11 is 4.86. The normalized spacial score (nSPS) is 16.5. The predicted octanol–water partition coefficient (Wildman–Crippen LogP) is 5.04. The van der Waals surface area contributed by atoms with Crippen molar-refractivity contribution >= 4 is 49.9 Å². The second-order valence-electron chi connectivity index (χ2n) is 6.34. The molecule has 0 bridgehead atoms. The van der Waals surface area contributed by atoms with Crippen molar-refractivity contribution in [3.63, 3.8) is 0 Å². The molecule has 0 spiro atoms. The number of nitrogens with zero attached hydrogens (tertiary/aromatic N) is 4. The van der Waals surface area contributed by atoms with Gasteiger partial charge in [0.25, 0.3) is 0 Å². The molecule has 4 heterocycles. The summed E-state index contributed by atoms with van der Waals surface area (Å²) in [7, 11) is 0. The minimum absolute atomic E-state index is 0.238. The highest BCUT2D eigenvalue weighted by atomic mass is 79.9. The van der Waals surface area contributed by atoms with Gasteiger partial charge in [-0.3, -0.25) is 14.8 Å². The largest absolute Gasteiger partial charge is 0.444 e. The summed E-state index contributed by atoms with van der Waals surface area (Å²) < 4.78 is 5.98. The fourth-order valence-corrected chi connectivity index (χ4v) is 4.26. The van der Waals surface area contributed by atoms with Crippen LogP contribution >= 0.6 is 27.3 Å². The van der Waals surface area contributed by atoms with Gasteiger partial charge in [-0.2, -0.15) is 16.4 Å². The Bertz CT molecular complexity index is 1200. The molecule has 1 aliphatic heterocycles. The summed E-state index contributed by atoms with van der Waals surface area (Å²) in [5, 5.41) is 10.2. The van der Waals surface area contributed by atoms with E-state index in [0.29, 0.717) is 11.1 Å². The molecule has 1 aliphatic rings. The first-order valence-corrected chi connectivity index (χ1v) is 10.3. The second-order valence-corrected chi connectivity index (χ2v) is 7.90. The van der Waals surface area contributed by atoms with Gasteiger partial charge in [0, 0.05) is 24.4 Å². The first-order chi connectivity index (χ1) is 13.7. The number of hydrogen-bond donors (Lipinski definition) is 0. The molecule has 1 aromatic carbocycles. The van der Waals surface area contributed by atoms with E-state index in [1.807, 2.05) is 35.0 Å². The van der Waals surface area contributed by atoms with Gasteiger partial charge in [-0.15, -0.1) is 0 Å². The molecular weight excluding hydrogens is 440 g/mol. The van der Waals surface area contributed by atoms with Gasteiger partial charge in [0.15, 0.2) is 10.4 Å². The molecule has 0 fully saturated rings. The van der Waals surface area contributed by atoms with Crippen molar-refractivity contribution in [1.29, 1.82) is 0 Å². The smallest absolute Gasteiger partial charge is 0.310 e. The average Bonchev–Trinajstić information content (AvgIpc) is 3.47. The number of furan rings is 1. The number of amides is 1. The van der Waals surface area contributed by atoms with E-state index in [9.17, 15) is 4.79 Å². The molecule has 0 aliphatic carbocycles. The molecule has 0 N–H and O–H groups in total. The van der Waals surface area contributed by atoms with Crippen molar-refractivity contribution in [2.75, 3.05) is 0 Å². The molecule has 1 unspecified atom stereocenters. The molecule has 1 amide bonds. The Balaban J connectivity index is 1.57. The lowest BCUT2D eigenvalue weighted by Gasteiger charge is -2.21. The van der Waals surface area contributed by atoms with Crippen LogP contribution in [0, 0.1) is 0 Å². The molecule has 5 rings (SSSR count). The molecule has 8 heteroatoms. The number of aromatic nitrogens is 2. The fourth-order valence-electron chi connectivity index (χ4n) is 3.29. The number of hydrogen-bond acceptors (Lipinski definition) is 6. The molecule has 3 aromatic heterocycles. The number of hydrazone groups is 1. The van der Waals surface area contributed by atoms with Crippen molar-refractivity contribution in [3.8, 4) is 0 Å². The molecule has 0 saturated heterocycles. The number of thiophene rings is 1. The molecule has 28 heavy (non-hydrogen) atoms. The summed E-state index contributed by atoms with van der Waals surface area (Å²) in [4.78, 5) is 21.8. The van der Waals surface area contributed by atoms with E-state index in [4.69, 9.17) is 4.42 Å². The van der Waals surface area contributed by atoms with Gasteiger partial charge < -0.3 is 4.42 Å². The topological polar surface area (TPSA) is 71.6 Å². The van der Waals surface area contributed by atoms with Crippen LogP contribution in [0.25, 0.3) is 11.0 Å². The quantitative estimate of drug-likeness (QED) is 0.436. The Hall–Kier alpha value is -2.84. The Morgan fingerprint density at radius 2 is 2.00 bits per heavy atom. The molecule has 0 radical (unpaired) electrons. The van der Waals surface area contributed by atoms with Crippen molar-refractivity contribution in [2.45, 2.75) is 12.5 Å². The van der Waals surface area contributed by atoms with Crippen molar-refractivity contribution in [1.82, 2.24) is 15.0 Å². The highest BCUT2D eigenvalue weighted by Gasteiger charge is 2.35. The van der Waals surface area contributed by atoms with Crippen LogP contribution in [-0.4, -0.2) is 26.6 Å². The molecular formula is C20H13BrN4O2S. The van der Waals surface area contributed by atoms with Crippen LogP contribution in [0.4, 0.5) is 0 Å². The monoisotopic (exact) mass is 452 g/mol. The first-order valence-electron chi connectivity index (χ1n) is 8.58. The third-order valence-corrected chi connectivity index (χ3v) is 5.74. The van der Waals surface area contributed by atoms with E-state index in [1.165, 1.54) is 5.01 Å². The van der Waals surface area contributed by atoms with Gasteiger partial charge >= 0.3 is 5.91 Å². The van der Waals surface area contributed by atoms with Gasteiger partial charge in [0.2, 0.25) is 0 Å². The highest BCUT2D eigenvalue weighted by Crippen LogP contribution is 2.35. The third-order valence-electron chi connectivity index (χ3n) is 4.63. The predicted molar refractivity (Wildman–Crippen MR) is 110 cm³/mol. The Kier molecular flexibility index (Phi) is 4.29. The van der Waals surface area contributed by atoms with Crippen LogP contribution in [-0.2, 0) is 0 Å². The highest BCUT2D eigenvalue weighted by molar-refractivity contribution is 9.10. The first kappa shape index (κ1) is 17.3. The summed E-state index contributed by atoms with van der Waals surface area (Å²) in [5.41, 5.74) is 4.48. The van der Waals surface area contributed by atoms with Crippen molar-refractivity contribution in [3.05, 3.63) is 81.1 Å². The zero-order valence-corrected chi connectivity index (χ0v) is 16.9. The maximum atomic E-state index is 13.1. The van der Waals surface area contributed by atoms with Crippen LogP contribution in [0.15, 0.2) is 73.7 Å². The molecule has 1 atom stereocenters. The lowest BCUT2D eigenvalue weighted by Crippen LogP contribution is -2.26. The van der Waals surface area contributed by atoms with E-state index < -0.39 is 0 Å². The van der Waals surface area contributed by atoms with Crippen LogP contribution in [0.2, 0.25) is 0 Å². The van der Waals surface area contributed by atoms with Gasteiger partial charge in [0.05, 0.1) is 22.8 Å². The lowest BCUT2D eigenvalue weighted by atomic mass is 9.99. The van der Waals surface area contributed by atoms with Gasteiger partial charge in [0.1, 0.15) is 0 Å². The van der Waals surface area contributed by atoms with Crippen LogP contribution in [0.3, 0.4) is 0 Å². The van der Waals surface area contributed by atoms with Crippen molar-refractivity contribution in [2.24, 2.45) is 5.10 Å². The Morgan fingerprint density at radius 1 is 1.14 bits per heavy atom. The Labute approximate surface area is 172 Å². The SMILES string of the molecule is O=C(c1ccc(Br)o1)N1N=C(c2ccsc2)CC1c1ccc2nccnc2c1. The minimum Gasteiger partial charge on any atom is -0.444 e. The van der Waals surface area contributed by atoms with Gasteiger partial charge in [-0.05, 0) is 62.6 Å². The number of halogens is 1. The van der Waals surface area contributed by atoms with Crippen LogP contribution < -0.4 is 0 Å².